The second-order valence-corrected chi connectivity index (χ2v) is 5.64. The summed E-state index contributed by atoms with van der Waals surface area (Å²) in [5, 5.41) is 8.57. The van der Waals surface area contributed by atoms with Crippen LogP contribution in [0.25, 0.3) is 0 Å². The first kappa shape index (κ1) is 13.0. The Morgan fingerprint density at radius 3 is 2.67 bits per heavy atom. The largest absolute Gasteiger partial charge is 0.301 e. The first-order chi connectivity index (χ1) is 8.48. The van der Waals surface area contributed by atoms with E-state index in [2.05, 4.69) is 42.0 Å². The third kappa shape index (κ3) is 2.88. The number of aromatic nitrogens is 4. The number of pyridine rings is 1. The van der Waals surface area contributed by atoms with E-state index in [4.69, 9.17) is 11.6 Å². The molecule has 0 unspecified atom stereocenters. The molecule has 0 fully saturated rings. The second kappa shape index (κ2) is 5.06. The van der Waals surface area contributed by atoms with Gasteiger partial charge in [0.25, 0.3) is 0 Å². The maximum atomic E-state index is 6.09. The summed E-state index contributed by atoms with van der Waals surface area (Å²) in [4.78, 5) is 4.10. The smallest absolute Gasteiger partial charge is 0.225 e. The number of rotatable bonds is 3. The molecule has 2 rings (SSSR count). The molecule has 4 nitrogen and oxygen atoms in total. The van der Waals surface area contributed by atoms with Gasteiger partial charge in [-0.25, -0.2) is 0 Å². The van der Waals surface area contributed by atoms with Crippen LogP contribution < -0.4 is 0 Å². The van der Waals surface area contributed by atoms with Gasteiger partial charge in [-0.15, -0.1) is 10.2 Å². The molecule has 0 radical (unpaired) electrons. The van der Waals surface area contributed by atoms with Crippen molar-refractivity contribution in [2.24, 2.45) is 0 Å². The minimum atomic E-state index is -0.0604. The highest BCUT2D eigenvalue weighted by Crippen LogP contribution is 2.23. The Kier molecular flexibility index (Phi) is 3.66. The highest BCUT2D eigenvalue weighted by atomic mass is 35.5. The van der Waals surface area contributed by atoms with E-state index in [9.17, 15) is 0 Å². The molecule has 2 aromatic rings. The molecule has 0 amide bonds. The van der Waals surface area contributed by atoms with Crippen molar-refractivity contribution < 1.29 is 0 Å². The third-order valence-electron chi connectivity index (χ3n) is 2.72. The van der Waals surface area contributed by atoms with Crippen molar-refractivity contribution in [2.45, 2.75) is 39.2 Å². The summed E-state index contributed by atoms with van der Waals surface area (Å²) in [5.41, 5.74) is 1.12. The SMILES string of the molecule is CC(C)(C)c1nnc(Cl)n1CCc1cccnc1. The van der Waals surface area contributed by atoms with Gasteiger partial charge in [0.05, 0.1) is 0 Å². The Morgan fingerprint density at radius 2 is 2.06 bits per heavy atom. The van der Waals surface area contributed by atoms with E-state index in [0.717, 1.165) is 18.8 Å². The summed E-state index contributed by atoms with van der Waals surface area (Å²) in [6.45, 7) is 7.08. The lowest BCUT2D eigenvalue weighted by Crippen LogP contribution is -2.20. The molecule has 0 aliphatic rings. The van der Waals surface area contributed by atoms with Crippen molar-refractivity contribution in [1.82, 2.24) is 19.7 Å². The van der Waals surface area contributed by atoms with E-state index in [1.54, 1.807) is 6.20 Å². The molecule has 0 aromatic carbocycles. The molecule has 0 aliphatic heterocycles. The van der Waals surface area contributed by atoms with Crippen molar-refractivity contribution in [3.8, 4) is 0 Å². The van der Waals surface area contributed by atoms with Crippen molar-refractivity contribution in [1.29, 1.82) is 0 Å². The fraction of sp³-hybridized carbons (Fsp3) is 0.462. The van der Waals surface area contributed by atoms with Crippen LogP contribution in [0, 0.1) is 0 Å². The van der Waals surface area contributed by atoms with Crippen LogP contribution in [-0.2, 0) is 18.4 Å². The van der Waals surface area contributed by atoms with Crippen LogP contribution in [0.5, 0.6) is 0 Å². The molecule has 0 saturated heterocycles. The molecule has 0 spiro atoms. The van der Waals surface area contributed by atoms with E-state index >= 15 is 0 Å². The maximum Gasteiger partial charge on any atom is 0.225 e. The molecule has 18 heavy (non-hydrogen) atoms. The minimum absolute atomic E-state index is 0.0604. The summed E-state index contributed by atoms with van der Waals surface area (Å²) >= 11 is 6.09. The van der Waals surface area contributed by atoms with Gasteiger partial charge in [0.1, 0.15) is 5.82 Å². The number of nitrogens with zero attached hydrogens (tertiary/aromatic N) is 4. The van der Waals surface area contributed by atoms with Crippen LogP contribution >= 0.6 is 11.6 Å². The average Bonchev–Trinajstić information content (AvgIpc) is 2.69. The molecule has 0 bridgehead atoms. The summed E-state index contributed by atoms with van der Waals surface area (Å²) in [5.74, 6) is 0.913. The molecule has 0 atom stereocenters. The van der Waals surface area contributed by atoms with Gasteiger partial charge in [-0.2, -0.15) is 0 Å². The topological polar surface area (TPSA) is 43.6 Å². The van der Waals surface area contributed by atoms with Crippen molar-refractivity contribution in [3.05, 3.63) is 41.2 Å². The van der Waals surface area contributed by atoms with Gasteiger partial charge < -0.3 is 4.57 Å². The second-order valence-electron chi connectivity index (χ2n) is 5.31. The standard InChI is InChI=1S/C13H17ClN4/c1-13(2,3)11-16-17-12(14)18(11)8-6-10-5-4-7-15-9-10/h4-5,7,9H,6,8H2,1-3H3. The van der Waals surface area contributed by atoms with Crippen LogP contribution in [-0.4, -0.2) is 19.7 Å². The molecular formula is C13H17ClN4. The zero-order valence-corrected chi connectivity index (χ0v) is 11.6. The normalized spacial score (nSPS) is 11.8. The molecule has 5 heteroatoms. The van der Waals surface area contributed by atoms with E-state index in [1.165, 1.54) is 5.56 Å². The van der Waals surface area contributed by atoms with E-state index < -0.39 is 0 Å². The zero-order valence-electron chi connectivity index (χ0n) is 10.9. The fourth-order valence-corrected chi connectivity index (χ4v) is 2.03. The fourth-order valence-electron chi connectivity index (χ4n) is 1.82. The van der Waals surface area contributed by atoms with Gasteiger partial charge in [0, 0.05) is 24.4 Å². The Morgan fingerprint density at radius 1 is 1.28 bits per heavy atom. The van der Waals surface area contributed by atoms with E-state index in [0.29, 0.717) is 5.28 Å². The highest BCUT2D eigenvalue weighted by molar-refractivity contribution is 6.28. The van der Waals surface area contributed by atoms with Gasteiger partial charge in [-0.3, -0.25) is 4.98 Å². The Hall–Kier alpha value is -1.42. The first-order valence-electron chi connectivity index (χ1n) is 5.96. The van der Waals surface area contributed by atoms with Crippen molar-refractivity contribution >= 4 is 11.6 Å². The predicted molar refractivity (Wildman–Crippen MR) is 71.7 cm³/mol. The average molecular weight is 265 g/mol. The number of aryl methyl sites for hydroxylation is 1. The molecule has 0 N–H and O–H groups in total. The lowest BCUT2D eigenvalue weighted by molar-refractivity contribution is 0.497. The number of hydrogen-bond donors (Lipinski definition) is 0. The van der Waals surface area contributed by atoms with Gasteiger partial charge in [0.2, 0.25) is 5.28 Å². The quantitative estimate of drug-likeness (QED) is 0.856. The molecular weight excluding hydrogens is 248 g/mol. The van der Waals surface area contributed by atoms with E-state index in [1.807, 2.05) is 16.8 Å². The molecule has 2 aromatic heterocycles. The number of hydrogen-bond acceptors (Lipinski definition) is 3. The van der Waals surface area contributed by atoms with Crippen LogP contribution in [0.15, 0.2) is 24.5 Å². The number of halogens is 1. The van der Waals surface area contributed by atoms with Gasteiger partial charge >= 0.3 is 0 Å². The third-order valence-corrected chi connectivity index (χ3v) is 3.00. The van der Waals surface area contributed by atoms with Gasteiger partial charge in [-0.05, 0) is 29.7 Å². The Balaban J connectivity index is 2.17. The zero-order chi connectivity index (χ0) is 13.2. The lowest BCUT2D eigenvalue weighted by Gasteiger charge is -2.18. The monoisotopic (exact) mass is 264 g/mol. The molecule has 96 valence electrons. The van der Waals surface area contributed by atoms with Gasteiger partial charge in [-0.1, -0.05) is 26.8 Å². The Labute approximate surface area is 112 Å². The van der Waals surface area contributed by atoms with Crippen molar-refractivity contribution in [3.63, 3.8) is 0 Å². The Bertz CT molecular complexity index is 514. The summed E-state index contributed by atoms with van der Waals surface area (Å²) in [6, 6.07) is 4.00. The lowest BCUT2D eigenvalue weighted by atomic mass is 9.95. The summed E-state index contributed by atoms with van der Waals surface area (Å²) < 4.78 is 1.97. The van der Waals surface area contributed by atoms with Crippen LogP contribution in [0.4, 0.5) is 0 Å². The van der Waals surface area contributed by atoms with Crippen molar-refractivity contribution in [2.75, 3.05) is 0 Å². The van der Waals surface area contributed by atoms with Crippen LogP contribution in [0.1, 0.15) is 32.2 Å². The van der Waals surface area contributed by atoms with Crippen LogP contribution in [0.2, 0.25) is 5.28 Å². The predicted octanol–water partition coefficient (Wildman–Crippen LogP) is 2.87. The highest BCUT2D eigenvalue weighted by Gasteiger charge is 2.22. The summed E-state index contributed by atoms with van der Waals surface area (Å²) in [6.07, 6.45) is 4.51. The molecule has 0 aliphatic carbocycles. The van der Waals surface area contributed by atoms with Crippen LogP contribution in [0.3, 0.4) is 0 Å². The molecule has 0 saturated carbocycles. The van der Waals surface area contributed by atoms with E-state index in [-0.39, 0.29) is 5.41 Å². The van der Waals surface area contributed by atoms with Gasteiger partial charge in [0.15, 0.2) is 0 Å². The minimum Gasteiger partial charge on any atom is -0.301 e. The maximum absolute atomic E-state index is 6.09. The first-order valence-corrected chi connectivity index (χ1v) is 6.34. The summed E-state index contributed by atoms with van der Waals surface area (Å²) in [7, 11) is 0. The molecule has 2 heterocycles.